The van der Waals surface area contributed by atoms with E-state index >= 15 is 0 Å². The molecule has 0 aliphatic carbocycles. The summed E-state index contributed by atoms with van der Waals surface area (Å²) in [6.07, 6.45) is 0. The fourth-order valence-electron chi connectivity index (χ4n) is 2.17. The van der Waals surface area contributed by atoms with E-state index in [0.717, 1.165) is 22.7 Å². The summed E-state index contributed by atoms with van der Waals surface area (Å²) in [6, 6.07) is 12.1. The van der Waals surface area contributed by atoms with Gasteiger partial charge >= 0.3 is 0 Å². The van der Waals surface area contributed by atoms with Crippen molar-refractivity contribution in [2.45, 2.75) is 33.6 Å². The van der Waals surface area contributed by atoms with Gasteiger partial charge in [0.15, 0.2) is 0 Å². The molecule has 0 aliphatic heterocycles. The third-order valence-electron chi connectivity index (χ3n) is 3.09. The van der Waals surface area contributed by atoms with Crippen molar-refractivity contribution in [2.75, 3.05) is 5.73 Å². The third-order valence-corrected chi connectivity index (χ3v) is 3.09. The molecule has 0 spiro atoms. The molecule has 0 aromatic heterocycles. The van der Waals surface area contributed by atoms with Gasteiger partial charge in [0, 0.05) is 11.8 Å². The van der Waals surface area contributed by atoms with Crippen molar-refractivity contribution < 1.29 is 4.74 Å². The van der Waals surface area contributed by atoms with Gasteiger partial charge in [0.05, 0.1) is 0 Å². The lowest BCUT2D eigenvalue weighted by molar-refractivity contribution is 0.472. The highest BCUT2D eigenvalue weighted by atomic mass is 16.5. The van der Waals surface area contributed by atoms with Crippen molar-refractivity contribution in [3.05, 3.63) is 53.1 Å². The minimum absolute atomic E-state index is 0.428. The van der Waals surface area contributed by atoms with Gasteiger partial charge in [0.2, 0.25) is 0 Å². The van der Waals surface area contributed by atoms with Gasteiger partial charge < -0.3 is 10.5 Å². The van der Waals surface area contributed by atoms with Crippen LogP contribution in [-0.4, -0.2) is 0 Å². The Labute approximate surface area is 115 Å². The number of nitrogen functional groups attached to an aromatic ring is 1. The molecule has 0 amide bonds. The van der Waals surface area contributed by atoms with Crippen LogP contribution in [0.25, 0.3) is 0 Å². The minimum Gasteiger partial charge on any atom is -0.457 e. The number of hydrogen-bond acceptors (Lipinski definition) is 2. The molecule has 0 saturated carbocycles. The highest BCUT2D eigenvalue weighted by molar-refractivity contribution is 5.49. The number of hydrogen-bond donors (Lipinski definition) is 1. The van der Waals surface area contributed by atoms with Crippen molar-refractivity contribution >= 4 is 5.69 Å². The molecule has 0 radical (unpaired) electrons. The van der Waals surface area contributed by atoms with Crippen LogP contribution < -0.4 is 10.5 Å². The van der Waals surface area contributed by atoms with Crippen molar-refractivity contribution in [3.8, 4) is 11.5 Å². The molecule has 2 aromatic carbocycles. The summed E-state index contributed by atoms with van der Waals surface area (Å²) in [5, 5.41) is 0. The molecule has 2 aromatic rings. The van der Waals surface area contributed by atoms with E-state index in [1.54, 1.807) is 0 Å². The molecule has 0 unspecified atom stereocenters. The maximum absolute atomic E-state index is 6.03. The standard InChI is InChI=1S/C17H21NO/c1-11(2)16-6-5-12(3)9-17(16)19-15-8-13(4)7-14(18)10-15/h5-11H,18H2,1-4H3. The molecule has 19 heavy (non-hydrogen) atoms. The van der Waals surface area contributed by atoms with Crippen LogP contribution in [0.15, 0.2) is 36.4 Å². The number of rotatable bonds is 3. The van der Waals surface area contributed by atoms with Crippen LogP contribution in [0.2, 0.25) is 0 Å². The molecule has 0 aliphatic rings. The predicted octanol–water partition coefficient (Wildman–Crippen LogP) is 4.80. The lowest BCUT2D eigenvalue weighted by Crippen LogP contribution is -1.96. The van der Waals surface area contributed by atoms with Crippen molar-refractivity contribution in [2.24, 2.45) is 0 Å². The molecular formula is C17H21NO. The first-order valence-electron chi connectivity index (χ1n) is 6.61. The highest BCUT2D eigenvalue weighted by Crippen LogP contribution is 2.32. The van der Waals surface area contributed by atoms with E-state index in [0.29, 0.717) is 5.92 Å². The number of anilines is 1. The fraction of sp³-hybridized carbons (Fsp3) is 0.294. The first kappa shape index (κ1) is 13.5. The highest BCUT2D eigenvalue weighted by Gasteiger charge is 2.09. The molecule has 0 fully saturated rings. The first-order valence-corrected chi connectivity index (χ1v) is 6.61. The maximum atomic E-state index is 6.03. The van der Waals surface area contributed by atoms with Crippen LogP contribution in [-0.2, 0) is 0 Å². The summed E-state index contributed by atoms with van der Waals surface area (Å²) < 4.78 is 6.03. The Kier molecular flexibility index (Phi) is 3.79. The molecular weight excluding hydrogens is 234 g/mol. The van der Waals surface area contributed by atoms with Crippen LogP contribution in [0.1, 0.15) is 36.5 Å². The molecule has 2 N–H and O–H groups in total. The minimum atomic E-state index is 0.428. The number of aryl methyl sites for hydroxylation is 2. The summed E-state index contributed by atoms with van der Waals surface area (Å²) in [6.45, 7) is 8.43. The topological polar surface area (TPSA) is 35.2 Å². The van der Waals surface area contributed by atoms with Gasteiger partial charge in [-0.2, -0.15) is 0 Å². The van der Waals surface area contributed by atoms with Crippen LogP contribution in [0, 0.1) is 13.8 Å². The number of benzene rings is 2. The summed E-state index contributed by atoms with van der Waals surface area (Å²) >= 11 is 0. The second-order valence-corrected chi connectivity index (χ2v) is 5.38. The molecule has 0 saturated heterocycles. The van der Waals surface area contributed by atoms with Crippen molar-refractivity contribution in [1.82, 2.24) is 0 Å². The van der Waals surface area contributed by atoms with Crippen molar-refractivity contribution in [3.63, 3.8) is 0 Å². The smallest absolute Gasteiger partial charge is 0.131 e. The quantitative estimate of drug-likeness (QED) is 0.799. The van der Waals surface area contributed by atoms with Crippen molar-refractivity contribution in [1.29, 1.82) is 0 Å². The van der Waals surface area contributed by atoms with E-state index in [1.807, 2.05) is 25.1 Å². The van der Waals surface area contributed by atoms with E-state index in [4.69, 9.17) is 10.5 Å². The van der Waals surface area contributed by atoms with E-state index in [9.17, 15) is 0 Å². The molecule has 0 bridgehead atoms. The second-order valence-electron chi connectivity index (χ2n) is 5.38. The first-order chi connectivity index (χ1) is 8.95. The summed E-state index contributed by atoms with van der Waals surface area (Å²) in [5.74, 6) is 2.14. The molecule has 0 heterocycles. The van der Waals surface area contributed by atoms with Crippen LogP contribution in [0.5, 0.6) is 11.5 Å². The molecule has 0 atom stereocenters. The van der Waals surface area contributed by atoms with E-state index < -0.39 is 0 Å². The SMILES string of the molecule is Cc1cc(N)cc(Oc2cc(C)ccc2C(C)C)c1. The Bertz CT molecular complexity index is 568. The third kappa shape index (κ3) is 3.28. The fourth-order valence-corrected chi connectivity index (χ4v) is 2.17. The van der Waals surface area contributed by atoms with Crippen LogP contribution >= 0.6 is 0 Å². The lowest BCUT2D eigenvalue weighted by atomic mass is 10.0. The maximum Gasteiger partial charge on any atom is 0.131 e. The average molecular weight is 255 g/mol. The predicted molar refractivity (Wildman–Crippen MR) is 80.9 cm³/mol. The zero-order valence-corrected chi connectivity index (χ0v) is 12.0. The Morgan fingerprint density at radius 3 is 2.32 bits per heavy atom. The lowest BCUT2D eigenvalue weighted by Gasteiger charge is -2.15. The average Bonchev–Trinajstić information content (AvgIpc) is 2.26. The Morgan fingerprint density at radius 1 is 0.947 bits per heavy atom. The van der Waals surface area contributed by atoms with Crippen LogP contribution in [0.4, 0.5) is 5.69 Å². The Morgan fingerprint density at radius 2 is 1.68 bits per heavy atom. The van der Waals surface area contributed by atoms with Gasteiger partial charge in [-0.05, 0) is 54.7 Å². The van der Waals surface area contributed by atoms with E-state index in [2.05, 4.69) is 39.0 Å². The summed E-state index contributed by atoms with van der Waals surface area (Å²) in [5.41, 5.74) is 10.1. The van der Waals surface area contributed by atoms with Gasteiger partial charge in [0.25, 0.3) is 0 Å². The van der Waals surface area contributed by atoms with Gasteiger partial charge in [-0.3, -0.25) is 0 Å². The molecule has 2 heteroatoms. The Hall–Kier alpha value is -1.96. The summed E-state index contributed by atoms with van der Waals surface area (Å²) in [4.78, 5) is 0. The molecule has 100 valence electrons. The van der Waals surface area contributed by atoms with Crippen LogP contribution in [0.3, 0.4) is 0 Å². The Balaban J connectivity index is 2.39. The molecule has 2 nitrogen and oxygen atoms in total. The zero-order chi connectivity index (χ0) is 14.0. The van der Waals surface area contributed by atoms with E-state index in [-0.39, 0.29) is 0 Å². The zero-order valence-electron chi connectivity index (χ0n) is 12.0. The summed E-state index contributed by atoms with van der Waals surface area (Å²) in [7, 11) is 0. The second kappa shape index (κ2) is 5.35. The normalized spacial score (nSPS) is 10.8. The largest absolute Gasteiger partial charge is 0.457 e. The number of nitrogens with two attached hydrogens (primary N) is 1. The monoisotopic (exact) mass is 255 g/mol. The van der Waals surface area contributed by atoms with Gasteiger partial charge in [-0.25, -0.2) is 0 Å². The number of ether oxygens (including phenoxy) is 1. The van der Waals surface area contributed by atoms with Gasteiger partial charge in [-0.15, -0.1) is 0 Å². The van der Waals surface area contributed by atoms with Gasteiger partial charge in [-0.1, -0.05) is 26.0 Å². The van der Waals surface area contributed by atoms with E-state index in [1.165, 1.54) is 11.1 Å². The molecule has 2 rings (SSSR count). The van der Waals surface area contributed by atoms with Gasteiger partial charge in [0.1, 0.15) is 11.5 Å².